The lowest BCUT2D eigenvalue weighted by Crippen LogP contribution is -2.40. The molecule has 1 unspecified atom stereocenters. The largest absolute Gasteiger partial charge is 0.438 e. The fraction of sp³-hybridized carbons (Fsp3) is 0.381. The van der Waals surface area contributed by atoms with E-state index in [-0.39, 0.29) is 40.5 Å². The molecule has 3 aromatic heterocycles. The van der Waals surface area contributed by atoms with Crippen molar-refractivity contribution in [3.8, 4) is 22.8 Å². The first-order chi connectivity index (χ1) is 26.8. The molecule has 3 N–H and O–H groups in total. The molecule has 0 radical (unpaired) electrons. The lowest BCUT2D eigenvalue weighted by atomic mass is 9.82. The highest BCUT2D eigenvalue weighted by Crippen LogP contribution is 2.56. The second-order valence-electron chi connectivity index (χ2n) is 14.9. The van der Waals surface area contributed by atoms with Gasteiger partial charge in [0, 0.05) is 44.1 Å². The van der Waals surface area contributed by atoms with Crippen LogP contribution in [0, 0.1) is 17.0 Å². The number of nitrogens with zero attached hydrogens (tertiary/aromatic N) is 4. The van der Waals surface area contributed by atoms with Gasteiger partial charge in [-0.25, -0.2) is 18.7 Å². The summed E-state index contributed by atoms with van der Waals surface area (Å²) in [5.74, 6) is -1.26. The van der Waals surface area contributed by atoms with E-state index in [1.165, 1.54) is 34.5 Å². The number of aromatic nitrogens is 3. The number of fused-ring (bicyclic) bond motifs is 1. The van der Waals surface area contributed by atoms with E-state index in [2.05, 4.69) is 55.1 Å². The van der Waals surface area contributed by atoms with Gasteiger partial charge in [0.25, 0.3) is 11.8 Å². The van der Waals surface area contributed by atoms with E-state index in [1.54, 1.807) is 6.07 Å². The van der Waals surface area contributed by atoms with Gasteiger partial charge in [0.05, 0.1) is 19.4 Å². The molecule has 55 heavy (non-hydrogen) atoms. The Hall–Kier alpha value is -5.24. The van der Waals surface area contributed by atoms with Gasteiger partial charge in [0.2, 0.25) is 5.88 Å². The van der Waals surface area contributed by atoms with E-state index >= 15 is 0 Å². The maximum Gasteiger partial charge on any atom is 0.271 e. The van der Waals surface area contributed by atoms with Crippen LogP contribution in [0.4, 0.5) is 8.78 Å². The highest BCUT2D eigenvalue weighted by Gasteiger charge is 2.56. The molecule has 13 heteroatoms. The molecule has 11 nitrogen and oxygen atoms in total. The summed E-state index contributed by atoms with van der Waals surface area (Å²) in [4.78, 5) is 37.4. The Morgan fingerprint density at radius 1 is 0.909 bits per heavy atom. The number of imidazole rings is 1. The lowest BCUT2D eigenvalue weighted by molar-refractivity contribution is 0.0374. The standard InChI is InChI=1S/C42H45F2N7O4/c43-31-9-10-38-48-36(27-51(38)26-31)40(53)47-33-11-13-42(14-12-33)23-37(42)49-39(52)35-22-32(44)25-46-41(35)55-34-4-1-3-30(21-34)29-7-5-28(6-8-29)24-45-15-2-16-50-17-19-54-20-18-50/h1,3-10,21-22,25-27,33,37,45H,2,11-20,23-24H2,(H,47,53)(H,49,52). The number of nitrogens with one attached hydrogen (secondary N) is 3. The zero-order valence-corrected chi connectivity index (χ0v) is 30.6. The molecule has 3 fully saturated rings. The van der Waals surface area contributed by atoms with Crippen LogP contribution in [0.5, 0.6) is 11.6 Å². The molecule has 1 spiro atoms. The maximum atomic E-state index is 14.4. The SMILES string of the molecule is O=C(NC1CCC2(CC1)CC2NC(=O)c1cc(F)cnc1Oc1cccc(-c2ccc(CNCCCN3CCOCC3)cc2)c1)c1cn2cc(F)ccc2n1. The molecular formula is C42H45F2N7O4. The Labute approximate surface area is 318 Å². The predicted molar refractivity (Wildman–Crippen MR) is 203 cm³/mol. The highest BCUT2D eigenvalue weighted by molar-refractivity contribution is 5.97. The summed E-state index contributed by atoms with van der Waals surface area (Å²) in [6.45, 7) is 6.51. The van der Waals surface area contributed by atoms with Gasteiger partial charge in [0.1, 0.15) is 34.3 Å². The summed E-state index contributed by atoms with van der Waals surface area (Å²) in [5.41, 5.74) is 3.86. The number of carbonyl (C=O) groups is 2. The van der Waals surface area contributed by atoms with Gasteiger partial charge in [0.15, 0.2) is 0 Å². The molecule has 2 aliphatic carbocycles. The molecule has 286 valence electrons. The van der Waals surface area contributed by atoms with Gasteiger partial charge in [-0.3, -0.25) is 14.5 Å². The van der Waals surface area contributed by atoms with Crippen LogP contribution in [-0.2, 0) is 11.3 Å². The van der Waals surface area contributed by atoms with E-state index < -0.39 is 17.5 Å². The molecule has 4 heterocycles. The normalized spacial score (nSPS) is 21.1. The third kappa shape index (κ3) is 8.85. The van der Waals surface area contributed by atoms with Gasteiger partial charge in [-0.05, 0) is 104 Å². The zero-order chi connectivity index (χ0) is 37.8. The first-order valence-corrected chi connectivity index (χ1v) is 19.1. The minimum absolute atomic E-state index is 0.0295. The molecule has 2 amide bonds. The van der Waals surface area contributed by atoms with E-state index in [1.807, 2.05) is 18.2 Å². The molecule has 2 aromatic carbocycles. The van der Waals surface area contributed by atoms with Crippen molar-refractivity contribution in [1.82, 2.24) is 35.2 Å². The van der Waals surface area contributed by atoms with Gasteiger partial charge in [-0.2, -0.15) is 0 Å². The third-order valence-corrected chi connectivity index (χ3v) is 11.1. The van der Waals surface area contributed by atoms with Crippen LogP contribution in [0.25, 0.3) is 16.8 Å². The number of carbonyl (C=O) groups excluding carboxylic acids is 2. The van der Waals surface area contributed by atoms with Crippen LogP contribution < -0.4 is 20.7 Å². The fourth-order valence-electron chi connectivity index (χ4n) is 7.83. The number of ether oxygens (including phenoxy) is 2. The quantitative estimate of drug-likeness (QED) is 0.123. The summed E-state index contributed by atoms with van der Waals surface area (Å²) in [5, 5.41) is 9.69. The Morgan fingerprint density at radius 3 is 2.55 bits per heavy atom. The second-order valence-corrected chi connectivity index (χ2v) is 14.9. The number of halogens is 2. The number of benzene rings is 2. The minimum atomic E-state index is -0.629. The van der Waals surface area contributed by atoms with Crippen LogP contribution in [0.3, 0.4) is 0 Å². The highest BCUT2D eigenvalue weighted by atomic mass is 19.1. The monoisotopic (exact) mass is 749 g/mol. The van der Waals surface area contributed by atoms with Crippen molar-refractivity contribution < 1.29 is 27.8 Å². The van der Waals surface area contributed by atoms with Crippen LogP contribution in [0.1, 0.15) is 64.9 Å². The van der Waals surface area contributed by atoms with E-state index in [0.717, 1.165) is 108 Å². The zero-order valence-electron chi connectivity index (χ0n) is 30.6. The number of hydrogen-bond donors (Lipinski definition) is 3. The molecule has 0 bridgehead atoms. The topological polar surface area (TPSA) is 122 Å². The molecule has 1 atom stereocenters. The van der Waals surface area contributed by atoms with Crippen molar-refractivity contribution in [3.63, 3.8) is 0 Å². The Kier molecular flexibility index (Phi) is 10.8. The number of rotatable bonds is 13. The van der Waals surface area contributed by atoms with E-state index in [9.17, 15) is 18.4 Å². The average Bonchev–Trinajstić information content (AvgIpc) is 3.66. The average molecular weight is 750 g/mol. The lowest BCUT2D eigenvalue weighted by Gasteiger charge is -2.30. The number of morpholine rings is 1. The van der Waals surface area contributed by atoms with E-state index in [4.69, 9.17) is 9.47 Å². The van der Waals surface area contributed by atoms with Crippen LogP contribution in [0.15, 0.2) is 85.3 Å². The first kappa shape index (κ1) is 36.7. The van der Waals surface area contributed by atoms with Gasteiger partial charge in [-0.1, -0.05) is 36.4 Å². The van der Waals surface area contributed by atoms with Gasteiger partial charge < -0.3 is 29.8 Å². The van der Waals surface area contributed by atoms with Crippen LogP contribution in [0.2, 0.25) is 0 Å². The van der Waals surface area contributed by atoms with Gasteiger partial charge in [-0.15, -0.1) is 0 Å². The Balaban J connectivity index is 0.827. The third-order valence-electron chi connectivity index (χ3n) is 11.1. The molecule has 3 aliphatic rings. The number of pyridine rings is 2. The minimum Gasteiger partial charge on any atom is -0.438 e. The van der Waals surface area contributed by atoms with Crippen molar-refractivity contribution in [2.45, 2.75) is 57.2 Å². The smallest absolute Gasteiger partial charge is 0.271 e. The number of hydrogen-bond acceptors (Lipinski definition) is 8. The first-order valence-electron chi connectivity index (χ1n) is 19.1. The maximum absolute atomic E-state index is 14.4. The van der Waals surface area contributed by atoms with Crippen LogP contribution >= 0.6 is 0 Å². The van der Waals surface area contributed by atoms with Crippen molar-refractivity contribution in [2.24, 2.45) is 5.41 Å². The van der Waals surface area contributed by atoms with Crippen molar-refractivity contribution >= 4 is 17.5 Å². The molecule has 1 saturated heterocycles. The summed E-state index contributed by atoms with van der Waals surface area (Å²) < 4.78 is 41.0. The van der Waals surface area contributed by atoms with Crippen molar-refractivity contribution in [2.75, 3.05) is 39.4 Å². The predicted octanol–water partition coefficient (Wildman–Crippen LogP) is 6.14. The molecule has 5 aromatic rings. The summed E-state index contributed by atoms with van der Waals surface area (Å²) in [6, 6.07) is 19.8. The molecule has 8 rings (SSSR count). The van der Waals surface area contributed by atoms with Gasteiger partial charge >= 0.3 is 0 Å². The summed E-state index contributed by atoms with van der Waals surface area (Å²) in [7, 11) is 0. The number of amides is 2. The van der Waals surface area contributed by atoms with Crippen molar-refractivity contribution in [1.29, 1.82) is 0 Å². The van der Waals surface area contributed by atoms with E-state index in [0.29, 0.717) is 11.4 Å². The summed E-state index contributed by atoms with van der Waals surface area (Å²) in [6.07, 6.45) is 8.91. The molecule has 1 aliphatic heterocycles. The fourth-order valence-corrected chi connectivity index (χ4v) is 7.83. The molecular weight excluding hydrogens is 705 g/mol. The van der Waals surface area contributed by atoms with Crippen LogP contribution in [-0.4, -0.2) is 82.6 Å². The summed E-state index contributed by atoms with van der Waals surface area (Å²) >= 11 is 0. The second kappa shape index (κ2) is 16.2. The Morgan fingerprint density at radius 2 is 1.73 bits per heavy atom. The Bertz CT molecular complexity index is 2150. The molecule has 2 saturated carbocycles. The van der Waals surface area contributed by atoms with Crippen molar-refractivity contribution in [3.05, 3.63) is 114 Å².